The Kier molecular flexibility index (Phi) is 6.21. The maximum atomic E-state index is 3.86. The predicted molar refractivity (Wildman–Crippen MR) is 76.4 cm³/mol. The molecule has 1 atom stereocenters. The molecule has 100 valence electrons. The molecular formula is C15H30N2. The fourth-order valence-electron chi connectivity index (χ4n) is 3.36. The zero-order chi connectivity index (χ0) is 12.7. The summed E-state index contributed by atoms with van der Waals surface area (Å²) < 4.78 is 0. The van der Waals surface area contributed by atoms with E-state index in [1.165, 1.54) is 38.5 Å². The number of hydrogen-bond acceptors (Lipinski definition) is 2. The standard InChI is InChI=1S/C15H30N2/c1-5-7-11-14(16-6-2)15(17(3)4)12-9-8-10-13-15/h5,14,16H,1,6-13H2,2-4H3. The molecule has 0 radical (unpaired) electrons. The Morgan fingerprint density at radius 2 is 1.94 bits per heavy atom. The largest absolute Gasteiger partial charge is 0.312 e. The van der Waals surface area contributed by atoms with Crippen molar-refractivity contribution in [2.24, 2.45) is 0 Å². The number of rotatable bonds is 7. The predicted octanol–water partition coefficient (Wildman–Crippen LogP) is 3.20. The molecule has 1 rings (SSSR count). The molecule has 0 spiro atoms. The summed E-state index contributed by atoms with van der Waals surface area (Å²) in [5, 5.41) is 3.72. The van der Waals surface area contributed by atoms with Gasteiger partial charge in [-0.15, -0.1) is 6.58 Å². The Labute approximate surface area is 107 Å². The first-order chi connectivity index (χ1) is 8.17. The molecule has 0 aromatic heterocycles. The highest BCUT2D eigenvalue weighted by molar-refractivity contribution is 5.01. The van der Waals surface area contributed by atoms with Gasteiger partial charge in [-0.1, -0.05) is 32.3 Å². The van der Waals surface area contributed by atoms with Gasteiger partial charge in [-0.05, 0) is 46.3 Å². The van der Waals surface area contributed by atoms with E-state index in [9.17, 15) is 0 Å². The lowest BCUT2D eigenvalue weighted by Crippen LogP contribution is -2.59. The fraction of sp³-hybridized carbons (Fsp3) is 0.867. The topological polar surface area (TPSA) is 15.3 Å². The van der Waals surface area contributed by atoms with Crippen LogP contribution in [0.25, 0.3) is 0 Å². The quantitative estimate of drug-likeness (QED) is 0.685. The molecule has 1 fully saturated rings. The van der Waals surface area contributed by atoms with Gasteiger partial charge in [0.2, 0.25) is 0 Å². The van der Waals surface area contributed by atoms with Crippen LogP contribution in [0.3, 0.4) is 0 Å². The molecule has 2 nitrogen and oxygen atoms in total. The van der Waals surface area contributed by atoms with Crippen molar-refractivity contribution in [2.75, 3.05) is 20.6 Å². The van der Waals surface area contributed by atoms with Gasteiger partial charge in [0.15, 0.2) is 0 Å². The summed E-state index contributed by atoms with van der Waals surface area (Å²) in [6.07, 6.45) is 11.3. The highest BCUT2D eigenvalue weighted by Gasteiger charge is 2.40. The van der Waals surface area contributed by atoms with Gasteiger partial charge in [0, 0.05) is 11.6 Å². The number of hydrogen-bond donors (Lipinski definition) is 1. The van der Waals surface area contributed by atoms with Gasteiger partial charge in [0.1, 0.15) is 0 Å². The molecule has 17 heavy (non-hydrogen) atoms. The number of likely N-dealkylation sites (N-methyl/N-ethyl adjacent to an activating group) is 2. The van der Waals surface area contributed by atoms with E-state index in [0.717, 1.165) is 13.0 Å². The second-order valence-electron chi connectivity index (χ2n) is 5.53. The first-order valence-electron chi connectivity index (χ1n) is 7.19. The number of nitrogens with zero attached hydrogens (tertiary/aromatic N) is 1. The van der Waals surface area contributed by atoms with E-state index in [-0.39, 0.29) is 0 Å². The van der Waals surface area contributed by atoms with E-state index in [1.807, 2.05) is 0 Å². The van der Waals surface area contributed by atoms with Crippen molar-refractivity contribution >= 4 is 0 Å². The summed E-state index contributed by atoms with van der Waals surface area (Å²) in [7, 11) is 4.51. The van der Waals surface area contributed by atoms with Gasteiger partial charge < -0.3 is 10.2 Å². The molecule has 0 aromatic carbocycles. The molecule has 0 heterocycles. The number of allylic oxidation sites excluding steroid dienone is 1. The minimum absolute atomic E-state index is 0.372. The monoisotopic (exact) mass is 238 g/mol. The Morgan fingerprint density at radius 3 is 2.41 bits per heavy atom. The molecule has 0 saturated heterocycles. The third-order valence-electron chi connectivity index (χ3n) is 4.37. The fourth-order valence-corrected chi connectivity index (χ4v) is 3.36. The molecule has 0 bridgehead atoms. The van der Waals surface area contributed by atoms with Crippen LogP contribution in [0.15, 0.2) is 12.7 Å². The molecule has 1 aliphatic rings. The van der Waals surface area contributed by atoms with E-state index in [0.29, 0.717) is 11.6 Å². The highest BCUT2D eigenvalue weighted by Crippen LogP contribution is 2.36. The van der Waals surface area contributed by atoms with Gasteiger partial charge in [0.05, 0.1) is 0 Å². The maximum absolute atomic E-state index is 3.86. The van der Waals surface area contributed by atoms with Crippen LogP contribution in [0.2, 0.25) is 0 Å². The van der Waals surface area contributed by atoms with Crippen molar-refractivity contribution in [1.29, 1.82) is 0 Å². The molecular weight excluding hydrogens is 208 g/mol. The first-order valence-corrected chi connectivity index (χ1v) is 7.19. The summed E-state index contributed by atoms with van der Waals surface area (Å²) in [4.78, 5) is 2.47. The van der Waals surface area contributed by atoms with Gasteiger partial charge >= 0.3 is 0 Å². The van der Waals surface area contributed by atoms with Gasteiger partial charge in [0.25, 0.3) is 0 Å². The Hall–Kier alpha value is -0.340. The smallest absolute Gasteiger partial charge is 0.0356 e. The summed E-state index contributed by atoms with van der Waals surface area (Å²) in [5.41, 5.74) is 0.372. The van der Waals surface area contributed by atoms with Crippen molar-refractivity contribution < 1.29 is 0 Å². The SMILES string of the molecule is C=CCCC(NCC)C1(N(C)C)CCCCC1. The summed E-state index contributed by atoms with van der Waals surface area (Å²) in [5.74, 6) is 0. The summed E-state index contributed by atoms with van der Waals surface area (Å²) in [6.45, 7) is 7.15. The Bertz CT molecular complexity index is 217. The Balaban J connectivity index is 2.78. The van der Waals surface area contributed by atoms with Gasteiger partial charge in [-0.25, -0.2) is 0 Å². The lowest BCUT2D eigenvalue weighted by molar-refractivity contribution is 0.0544. The van der Waals surface area contributed by atoms with Crippen molar-refractivity contribution in [3.05, 3.63) is 12.7 Å². The number of nitrogens with one attached hydrogen (secondary N) is 1. The van der Waals surface area contributed by atoms with Gasteiger partial charge in [-0.3, -0.25) is 0 Å². The third-order valence-corrected chi connectivity index (χ3v) is 4.37. The maximum Gasteiger partial charge on any atom is 0.0356 e. The summed E-state index contributed by atoms with van der Waals surface area (Å²) in [6, 6.07) is 0.612. The van der Waals surface area contributed by atoms with Gasteiger partial charge in [-0.2, -0.15) is 0 Å². The van der Waals surface area contributed by atoms with E-state index in [4.69, 9.17) is 0 Å². The van der Waals surface area contributed by atoms with Crippen LogP contribution in [0, 0.1) is 0 Å². The van der Waals surface area contributed by atoms with Crippen molar-refractivity contribution in [3.8, 4) is 0 Å². The first kappa shape index (κ1) is 14.7. The molecule has 2 heteroatoms. The molecule has 1 aliphatic carbocycles. The minimum Gasteiger partial charge on any atom is -0.312 e. The summed E-state index contributed by atoms with van der Waals surface area (Å²) >= 11 is 0. The average molecular weight is 238 g/mol. The lowest BCUT2D eigenvalue weighted by atomic mass is 9.74. The van der Waals surface area contributed by atoms with E-state index >= 15 is 0 Å². The zero-order valence-electron chi connectivity index (χ0n) is 12.0. The van der Waals surface area contributed by atoms with Crippen LogP contribution in [-0.2, 0) is 0 Å². The van der Waals surface area contributed by atoms with Crippen LogP contribution in [0.5, 0.6) is 0 Å². The highest BCUT2D eigenvalue weighted by atomic mass is 15.2. The molecule has 0 amide bonds. The third kappa shape index (κ3) is 3.56. The molecule has 1 unspecified atom stereocenters. The molecule has 1 N–H and O–H groups in total. The van der Waals surface area contributed by atoms with Crippen LogP contribution in [-0.4, -0.2) is 37.1 Å². The molecule has 0 aromatic rings. The van der Waals surface area contributed by atoms with Crippen LogP contribution in [0.1, 0.15) is 51.9 Å². The van der Waals surface area contributed by atoms with Crippen molar-refractivity contribution in [1.82, 2.24) is 10.2 Å². The lowest BCUT2D eigenvalue weighted by Gasteiger charge is -2.49. The van der Waals surface area contributed by atoms with E-state index in [1.54, 1.807) is 0 Å². The van der Waals surface area contributed by atoms with E-state index in [2.05, 4.69) is 43.9 Å². The molecule has 1 saturated carbocycles. The normalized spacial score (nSPS) is 21.4. The van der Waals surface area contributed by atoms with Crippen molar-refractivity contribution in [2.45, 2.75) is 63.5 Å². The zero-order valence-corrected chi connectivity index (χ0v) is 12.0. The van der Waals surface area contributed by atoms with Crippen LogP contribution in [0.4, 0.5) is 0 Å². The minimum atomic E-state index is 0.372. The van der Waals surface area contributed by atoms with Crippen LogP contribution >= 0.6 is 0 Å². The molecule has 0 aliphatic heterocycles. The Morgan fingerprint density at radius 1 is 1.29 bits per heavy atom. The van der Waals surface area contributed by atoms with Crippen molar-refractivity contribution in [3.63, 3.8) is 0 Å². The second-order valence-corrected chi connectivity index (χ2v) is 5.53. The van der Waals surface area contributed by atoms with Crippen LogP contribution < -0.4 is 5.32 Å². The average Bonchev–Trinajstić information content (AvgIpc) is 2.35. The second kappa shape index (κ2) is 7.17. The van der Waals surface area contributed by atoms with E-state index < -0.39 is 0 Å².